The zero-order valence-electron chi connectivity index (χ0n) is 8.89. The van der Waals surface area contributed by atoms with E-state index in [9.17, 15) is 0 Å². The van der Waals surface area contributed by atoms with Crippen LogP contribution in [0.15, 0.2) is 0 Å². The molecule has 1 saturated carbocycles. The molecule has 1 N–H and O–H groups in total. The van der Waals surface area contributed by atoms with Gasteiger partial charge in [0.25, 0.3) is 0 Å². The van der Waals surface area contributed by atoms with E-state index in [0.29, 0.717) is 0 Å². The lowest BCUT2D eigenvalue weighted by molar-refractivity contribution is 0.287. The van der Waals surface area contributed by atoms with Gasteiger partial charge in [0.1, 0.15) is 0 Å². The second-order valence-corrected chi connectivity index (χ2v) is 5.08. The average Bonchev–Trinajstić information content (AvgIpc) is 2.57. The van der Waals surface area contributed by atoms with Gasteiger partial charge in [-0.15, -0.1) is 0 Å². The molecule has 1 heteroatoms. The average molecular weight is 181 g/mol. The smallest absolute Gasteiger partial charge is 0.00721 e. The fourth-order valence-electron chi connectivity index (χ4n) is 3.07. The van der Waals surface area contributed by atoms with Gasteiger partial charge in [-0.3, -0.25) is 0 Å². The third-order valence-corrected chi connectivity index (χ3v) is 3.80. The Balaban J connectivity index is 1.73. The molecule has 0 aromatic carbocycles. The molecule has 1 aliphatic carbocycles. The van der Waals surface area contributed by atoms with Crippen LogP contribution in [0.2, 0.25) is 0 Å². The van der Waals surface area contributed by atoms with Crippen LogP contribution in [-0.2, 0) is 0 Å². The molecule has 76 valence electrons. The summed E-state index contributed by atoms with van der Waals surface area (Å²) in [7, 11) is 0. The molecule has 1 aliphatic heterocycles. The van der Waals surface area contributed by atoms with Gasteiger partial charge in [0, 0.05) is 12.1 Å². The number of hydrogen-bond donors (Lipinski definition) is 1. The van der Waals surface area contributed by atoms with E-state index in [1.165, 1.54) is 51.4 Å². The summed E-state index contributed by atoms with van der Waals surface area (Å²) in [5.74, 6) is 1.06. The predicted octanol–water partition coefficient (Wildman–Crippen LogP) is 3.10. The van der Waals surface area contributed by atoms with Gasteiger partial charge in [-0.2, -0.15) is 0 Å². The van der Waals surface area contributed by atoms with Gasteiger partial charge in [-0.05, 0) is 32.1 Å². The van der Waals surface area contributed by atoms with Gasteiger partial charge < -0.3 is 5.32 Å². The highest BCUT2D eigenvalue weighted by Gasteiger charge is 2.23. The summed E-state index contributed by atoms with van der Waals surface area (Å²) in [6.07, 6.45) is 11.7. The molecule has 1 heterocycles. The highest BCUT2D eigenvalue weighted by Crippen LogP contribution is 2.30. The molecular weight excluding hydrogens is 158 g/mol. The number of hydrogen-bond acceptors (Lipinski definition) is 1. The molecule has 0 bridgehead atoms. The van der Waals surface area contributed by atoms with E-state index in [-0.39, 0.29) is 0 Å². The first-order valence-corrected chi connectivity index (χ1v) is 6.10. The SMILES string of the molecule is CC1CCCC(CC2CCCC2)N1. The van der Waals surface area contributed by atoms with Crippen molar-refractivity contribution < 1.29 is 0 Å². The van der Waals surface area contributed by atoms with Crippen LogP contribution in [0.3, 0.4) is 0 Å². The first kappa shape index (κ1) is 9.51. The monoisotopic (exact) mass is 181 g/mol. The lowest BCUT2D eigenvalue weighted by Gasteiger charge is -2.30. The zero-order valence-corrected chi connectivity index (χ0v) is 8.89. The first-order valence-electron chi connectivity index (χ1n) is 6.10. The van der Waals surface area contributed by atoms with Crippen LogP contribution in [0.4, 0.5) is 0 Å². The van der Waals surface area contributed by atoms with Crippen LogP contribution in [0.1, 0.15) is 58.3 Å². The minimum absolute atomic E-state index is 0.778. The van der Waals surface area contributed by atoms with Crippen molar-refractivity contribution in [2.75, 3.05) is 0 Å². The summed E-state index contributed by atoms with van der Waals surface area (Å²) in [6.45, 7) is 2.33. The summed E-state index contributed by atoms with van der Waals surface area (Å²) >= 11 is 0. The van der Waals surface area contributed by atoms with Crippen LogP contribution in [0, 0.1) is 5.92 Å². The number of rotatable bonds is 2. The van der Waals surface area contributed by atoms with Crippen molar-refractivity contribution >= 4 is 0 Å². The Kier molecular flexibility index (Phi) is 3.26. The van der Waals surface area contributed by atoms with Crippen molar-refractivity contribution in [3.05, 3.63) is 0 Å². The van der Waals surface area contributed by atoms with Gasteiger partial charge in [-0.1, -0.05) is 32.1 Å². The van der Waals surface area contributed by atoms with E-state index >= 15 is 0 Å². The van der Waals surface area contributed by atoms with Gasteiger partial charge in [0.15, 0.2) is 0 Å². The van der Waals surface area contributed by atoms with Gasteiger partial charge in [0.2, 0.25) is 0 Å². The molecule has 1 nitrogen and oxygen atoms in total. The summed E-state index contributed by atoms with van der Waals surface area (Å²) in [4.78, 5) is 0. The van der Waals surface area contributed by atoms with E-state index < -0.39 is 0 Å². The molecule has 0 radical (unpaired) electrons. The second kappa shape index (κ2) is 4.45. The molecule has 2 aliphatic rings. The van der Waals surface area contributed by atoms with E-state index in [0.717, 1.165) is 18.0 Å². The maximum absolute atomic E-state index is 3.74. The highest BCUT2D eigenvalue weighted by atomic mass is 15.0. The Morgan fingerprint density at radius 1 is 1.00 bits per heavy atom. The minimum Gasteiger partial charge on any atom is -0.311 e. The topological polar surface area (TPSA) is 12.0 Å². The Bertz CT molecular complexity index is 149. The van der Waals surface area contributed by atoms with Crippen molar-refractivity contribution in [3.63, 3.8) is 0 Å². The quantitative estimate of drug-likeness (QED) is 0.690. The summed E-state index contributed by atoms with van der Waals surface area (Å²) in [5, 5.41) is 3.74. The molecule has 0 amide bonds. The van der Waals surface area contributed by atoms with Crippen LogP contribution >= 0.6 is 0 Å². The van der Waals surface area contributed by atoms with Crippen molar-refractivity contribution in [2.24, 2.45) is 5.92 Å². The van der Waals surface area contributed by atoms with Gasteiger partial charge in [0.05, 0.1) is 0 Å². The fourth-order valence-corrected chi connectivity index (χ4v) is 3.07. The van der Waals surface area contributed by atoms with Crippen LogP contribution in [0.25, 0.3) is 0 Å². The summed E-state index contributed by atoms with van der Waals surface area (Å²) < 4.78 is 0. The minimum atomic E-state index is 0.778. The Labute approximate surface area is 82.3 Å². The lowest BCUT2D eigenvalue weighted by Crippen LogP contribution is -2.41. The van der Waals surface area contributed by atoms with E-state index in [4.69, 9.17) is 0 Å². The number of nitrogens with one attached hydrogen (secondary N) is 1. The largest absolute Gasteiger partial charge is 0.311 e. The molecule has 2 unspecified atom stereocenters. The first-order chi connectivity index (χ1) is 6.34. The molecule has 0 aromatic rings. The molecule has 2 rings (SSSR count). The Morgan fingerprint density at radius 2 is 1.77 bits per heavy atom. The normalized spacial score (nSPS) is 36.7. The Morgan fingerprint density at radius 3 is 2.46 bits per heavy atom. The van der Waals surface area contributed by atoms with Crippen molar-refractivity contribution in [3.8, 4) is 0 Å². The van der Waals surface area contributed by atoms with E-state index in [1.54, 1.807) is 0 Å². The highest BCUT2D eigenvalue weighted by molar-refractivity contribution is 4.81. The van der Waals surface area contributed by atoms with Gasteiger partial charge in [-0.25, -0.2) is 0 Å². The maximum atomic E-state index is 3.74. The third kappa shape index (κ3) is 2.70. The molecule has 0 aromatic heterocycles. The molecule has 1 saturated heterocycles. The summed E-state index contributed by atoms with van der Waals surface area (Å²) in [6, 6.07) is 1.63. The predicted molar refractivity (Wildman–Crippen MR) is 56.8 cm³/mol. The standard InChI is InChI=1S/C12H23N/c1-10-5-4-8-12(13-10)9-11-6-2-3-7-11/h10-13H,2-9H2,1H3. The second-order valence-electron chi connectivity index (χ2n) is 5.08. The third-order valence-electron chi connectivity index (χ3n) is 3.80. The van der Waals surface area contributed by atoms with Crippen LogP contribution in [0.5, 0.6) is 0 Å². The Hall–Kier alpha value is -0.0400. The molecule has 2 fully saturated rings. The van der Waals surface area contributed by atoms with E-state index in [1.807, 2.05) is 0 Å². The summed E-state index contributed by atoms with van der Waals surface area (Å²) in [5.41, 5.74) is 0. The lowest BCUT2D eigenvalue weighted by atomic mass is 9.91. The van der Waals surface area contributed by atoms with Crippen molar-refractivity contribution in [2.45, 2.75) is 70.4 Å². The van der Waals surface area contributed by atoms with Crippen LogP contribution < -0.4 is 5.32 Å². The zero-order chi connectivity index (χ0) is 9.10. The molecular formula is C12H23N. The fraction of sp³-hybridized carbons (Fsp3) is 1.00. The molecule has 2 atom stereocenters. The van der Waals surface area contributed by atoms with E-state index in [2.05, 4.69) is 12.2 Å². The van der Waals surface area contributed by atoms with Gasteiger partial charge >= 0.3 is 0 Å². The molecule has 13 heavy (non-hydrogen) atoms. The van der Waals surface area contributed by atoms with Crippen molar-refractivity contribution in [1.29, 1.82) is 0 Å². The maximum Gasteiger partial charge on any atom is 0.00721 e. The number of piperidine rings is 1. The van der Waals surface area contributed by atoms with Crippen molar-refractivity contribution in [1.82, 2.24) is 5.32 Å². The van der Waals surface area contributed by atoms with Crippen LogP contribution in [-0.4, -0.2) is 12.1 Å². The molecule has 0 spiro atoms.